The summed E-state index contributed by atoms with van der Waals surface area (Å²) in [5.41, 5.74) is 0.783. The third kappa shape index (κ3) is 5.38. The number of nitrogens with one attached hydrogen (secondary N) is 1. The van der Waals surface area contributed by atoms with Crippen molar-refractivity contribution < 1.29 is 27.5 Å². The fraction of sp³-hybridized carbons (Fsp3) is 0.167. The molecule has 3 N–H and O–H groups in total. The van der Waals surface area contributed by atoms with E-state index in [-0.39, 0.29) is 16.4 Å². The first-order chi connectivity index (χ1) is 13.0. The monoisotopic (exact) mass is 424 g/mol. The SMILES string of the molecule is CC(=O)c1ccc(NC(=O)[C@@H](C)OC(=O)c2ccc(Cl)c(S(N)(=O)=O)c2)cc1. The third-order valence-electron chi connectivity index (χ3n) is 3.69. The fourth-order valence-corrected chi connectivity index (χ4v) is 3.23. The summed E-state index contributed by atoms with van der Waals surface area (Å²) >= 11 is 5.77. The molecule has 1 amide bonds. The van der Waals surface area contributed by atoms with Gasteiger partial charge in [0.25, 0.3) is 5.91 Å². The summed E-state index contributed by atoms with van der Waals surface area (Å²) in [6, 6.07) is 9.62. The molecule has 0 saturated carbocycles. The van der Waals surface area contributed by atoms with Crippen LogP contribution >= 0.6 is 11.6 Å². The summed E-state index contributed by atoms with van der Waals surface area (Å²) in [6.45, 7) is 2.78. The Morgan fingerprint density at radius 1 is 1.07 bits per heavy atom. The molecule has 0 unspecified atom stereocenters. The first kappa shape index (κ1) is 21.5. The van der Waals surface area contributed by atoms with Gasteiger partial charge < -0.3 is 10.1 Å². The number of carbonyl (C=O) groups is 3. The van der Waals surface area contributed by atoms with Crippen molar-refractivity contribution in [3.8, 4) is 0 Å². The maximum Gasteiger partial charge on any atom is 0.338 e. The average molecular weight is 425 g/mol. The molecule has 0 aliphatic carbocycles. The zero-order valence-electron chi connectivity index (χ0n) is 14.9. The number of sulfonamides is 1. The normalized spacial score (nSPS) is 12.1. The number of hydrogen-bond donors (Lipinski definition) is 2. The molecule has 2 aromatic rings. The maximum atomic E-state index is 12.2. The molecule has 148 valence electrons. The second-order valence-corrected chi connectivity index (χ2v) is 7.80. The van der Waals surface area contributed by atoms with Crippen LogP contribution in [0.4, 0.5) is 5.69 Å². The highest BCUT2D eigenvalue weighted by atomic mass is 35.5. The first-order valence-electron chi connectivity index (χ1n) is 7.94. The van der Waals surface area contributed by atoms with Crippen molar-refractivity contribution in [3.63, 3.8) is 0 Å². The summed E-state index contributed by atoms with van der Waals surface area (Å²) in [4.78, 5) is 35.2. The lowest BCUT2D eigenvalue weighted by Gasteiger charge is -2.14. The van der Waals surface area contributed by atoms with Gasteiger partial charge in [0.05, 0.1) is 10.6 Å². The van der Waals surface area contributed by atoms with Crippen LogP contribution in [0.15, 0.2) is 47.4 Å². The van der Waals surface area contributed by atoms with E-state index in [2.05, 4.69) is 5.32 Å². The third-order valence-corrected chi connectivity index (χ3v) is 5.08. The number of esters is 1. The van der Waals surface area contributed by atoms with Crippen LogP contribution in [0.3, 0.4) is 0 Å². The molecule has 0 aliphatic rings. The Morgan fingerprint density at radius 2 is 1.64 bits per heavy atom. The van der Waals surface area contributed by atoms with Crippen LogP contribution in [0.25, 0.3) is 0 Å². The molecule has 0 aromatic heterocycles. The van der Waals surface area contributed by atoms with Crippen molar-refractivity contribution in [2.45, 2.75) is 24.8 Å². The van der Waals surface area contributed by atoms with Gasteiger partial charge >= 0.3 is 5.97 Å². The lowest BCUT2D eigenvalue weighted by molar-refractivity contribution is -0.123. The minimum absolute atomic E-state index is 0.109. The lowest BCUT2D eigenvalue weighted by Crippen LogP contribution is -2.30. The van der Waals surface area contributed by atoms with Gasteiger partial charge in [0.2, 0.25) is 10.0 Å². The molecule has 28 heavy (non-hydrogen) atoms. The second kappa shape index (κ2) is 8.51. The van der Waals surface area contributed by atoms with E-state index in [1.54, 1.807) is 24.3 Å². The molecule has 0 aliphatic heterocycles. The van der Waals surface area contributed by atoms with E-state index in [0.717, 1.165) is 6.07 Å². The molecule has 0 bridgehead atoms. The Morgan fingerprint density at radius 3 is 2.18 bits per heavy atom. The number of primary sulfonamides is 1. The van der Waals surface area contributed by atoms with E-state index in [1.807, 2.05) is 0 Å². The van der Waals surface area contributed by atoms with E-state index in [9.17, 15) is 22.8 Å². The van der Waals surface area contributed by atoms with Crippen molar-refractivity contribution >= 4 is 45.0 Å². The molecule has 0 radical (unpaired) electrons. The zero-order chi connectivity index (χ0) is 21.1. The van der Waals surface area contributed by atoms with Gasteiger partial charge in [-0.1, -0.05) is 11.6 Å². The predicted octanol–water partition coefficient (Wildman–Crippen LogP) is 2.37. The van der Waals surface area contributed by atoms with Gasteiger partial charge in [0, 0.05) is 11.3 Å². The number of ether oxygens (including phenoxy) is 1. The average Bonchev–Trinajstić information content (AvgIpc) is 2.61. The number of hydrogen-bond acceptors (Lipinski definition) is 6. The van der Waals surface area contributed by atoms with Crippen LogP contribution in [0, 0.1) is 0 Å². The summed E-state index contributed by atoms with van der Waals surface area (Å²) in [5.74, 6) is -1.64. The van der Waals surface area contributed by atoms with Gasteiger partial charge in [0.1, 0.15) is 4.90 Å². The number of rotatable bonds is 6. The Bertz CT molecular complexity index is 1030. The Hall–Kier alpha value is -2.75. The van der Waals surface area contributed by atoms with E-state index < -0.39 is 32.9 Å². The molecule has 10 heteroatoms. The number of Topliss-reactive ketones (excluding diaryl/α,β-unsaturated/α-hetero) is 1. The van der Waals surface area contributed by atoms with Gasteiger partial charge in [-0.2, -0.15) is 0 Å². The lowest BCUT2D eigenvalue weighted by atomic mass is 10.1. The highest BCUT2D eigenvalue weighted by Crippen LogP contribution is 2.22. The highest BCUT2D eigenvalue weighted by Gasteiger charge is 2.21. The zero-order valence-corrected chi connectivity index (χ0v) is 16.5. The van der Waals surface area contributed by atoms with Crippen molar-refractivity contribution in [1.82, 2.24) is 0 Å². The van der Waals surface area contributed by atoms with Gasteiger partial charge in [-0.05, 0) is 56.3 Å². The van der Waals surface area contributed by atoms with Gasteiger partial charge in [-0.15, -0.1) is 0 Å². The van der Waals surface area contributed by atoms with Crippen molar-refractivity contribution in [2.75, 3.05) is 5.32 Å². The molecule has 2 aromatic carbocycles. The molecule has 1 atom stereocenters. The van der Waals surface area contributed by atoms with Crippen LogP contribution < -0.4 is 10.5 Å². The number of benzene rings is 2. The van der Waals surface area contributed by atoms with Crippen LogP contribution in [0.2, 0.25) is 5.02 Å². The van der Waals surface area contributed by atoms with Crippen LogP contribution in [0.1, 0.15) is 34.6 Å². The minimum Gasteiger partial charge on any atom is -0.449 e. The number of nitrogens with two attached hydrogens (primary N) is 1. The van der Waals surface area contributed by atoms with E-state index in [1.165, 1.54) is 26.0 Å². The highest BCUT2D eigenvalue weighted by molar-refractivity contribution is 7.89. The molecular formula is C18H17ClN2O6S. The summed E-state index contributed by atoms with van der Waals surface area (Å²) in [5, 5.41) is 7.45. The van der Waals surface area contributed by atoms with Crippen LogP contribution in [-0.4, -0.2) is 32.2 Å². The molecule has 0 fully saturated rings. The van der Waals surface area contributed by atoms with Gasteiger partial charge in [0.15, 0.2) is 11.9 Å². The summed E-state index contributed by atoms with van der Waals surface area (Å²) < 4.78 is 28.0. The summed E-state index contributed by atoms with van der Waals surface area (Å²) in [6.07, 6.45) is -1.17. The summed E-state index contributed by atoms with van der Waals surface area (Å²) in [7, 11) is -4.13. The number of halogens is 1. The Balaban J connectivity index is 2.07. The van der Waals surface area contributed by atoms with Gasteiger partial charge in [-0.3, -0.25) is 9.59 Å². The number of ketones is 1. The van der Waals surface area contributed by atoms with E-state index >= 15 is 0 Å². The number of amides is 1. The van der Waals surface area contributed by atoms with E-state index in [0.29, 0.717) is 11.3 Å². The topological polar surface area (TPSA) is 133 Å². The van der Waals surface area contributed by atoms with Crippen molar-refractivity contribution in [3.05, 3.63) is 58.6 Å². The quantitative estimate of drug-likeness (QED) is 0.540. The number of anilines is 1. The molecule has 2 rings (SSSR count). The Kier molecular flexibility index (Phi) is 6.55. The number of carbonyl (C=O) groups excluding carboxylic acids is 3. The first-order valence-corrected chi connectivity index (χ1v) is 9.86. The standard InChI is InChI=1S/C18H17ClN2O6S/c1-10(22)12-3-6-14(7-4-12)21-17(23)11(2)27-18(24)13-5-8-15(19)16(9-13)28(20,25)26/h3-9,11H,1-2H3,(H,21,23)(H2,20,25,26)/t11-/m1/s1. The predicted molar refractivity (Wildman–Crippen MR) is 103 cm³/mol. The minimum atomic E-state index is -4.13. The van der Waals surface area contributed by atoms with Crippen molar-refractivity contribution in [1.29, 1.82) is 0 Å². The maximum absolute atomic E-state index is 12.2. The van der Waals surface area contributed by atoms with Gasteiger partial charge in [-0.25, -0.2) is 18.4 Å². The fourth-order valence-electron chi connectivity index (χ4n) is 2.16. The van der Waals surface area contributed by atoms with Crippen molar-refractivity contribution in [2.24, 2.45) is 5.14 Å². The second-order valence-electron chi connectivity index (χ2n) is 5.86. The Labute approximate surface area is 166 Å². The van der Waals surface area contributed by atoms with E-state index in [4.69, 9.17) is 21.5 Å². The molecular weight excluding hydrogens is 408 g/mol. The smallest absolute Gasteiger partial charge is 0.338 e. The molecule has 0 spiro atoms. The molecule has 8 nitrogen and oxygen atoms in total. The molecule has 0 heterocycles. The van der Waals surface area contributed by atoms with Crippen LogP contribution in [0.5, 0.6) is 0 Å². The molecule has 0 saturated heterocycles. The van der Waals surface area contributed by atoms with Crippen LogP contribution in [-0.2, 0) is 19.6 Å². The largest absolute Gasteiger partial charge is 0.449 e.